The second-order valence-electron chi connectivity index (χ2n) is 5.66. The summed E-state index contributed by atoms with van der Waals surface area (Å²) in [5.74, 6) is -3.77. The number of halogens is 3. The molecule has 1 saturated heterocycles. The third-order valence-corrected chi connectivity index (χ3v) is 5.47. The molecular weight excluding hydrogens is 355 g/mol. The molecule has 1 aliphatic heterocycles. The summed E-state index contributed by atoms with van der Waals surface area (Å²) in [7, 11) is -4.59. The highest BCUT2D eigenvalue weighted by molar-refractivity contribution is 7.91. The van der Waals surface area contributed by atoms with Crippen LogP contribution in [0.5, 0.6) is 0 Å². The van der Waals surface area contributed by atoms with Gasteiger partial charge in [-0.1, -0.05) is 12.1 Å². The SMILES string of the molecule is O=S(=O)(c1ccc(N2CCOC(c3ccc(F)cc3)C2)cc1)C(F)F. The number of rotatable bonds is 4. The molecule has 1 fully saturated rings. The van der Waals surface area contributed by atoms with Gasteiger partial charge in [0.05, 0.1) is 11.5 Å². The number of ether oxygens (including phenoxy) is 1. The maximum atomic E-state index is 13.0. The van der Waals surface area contributed by atoms with E-state index in [1.165, 1.54) is 36.4 Å². The van der Waals surface area contributed by atoms with Gasteiger partial charge in [-0.15, -0.1) is 0 Å². The zero-order valence-corrected chi connectivity index (χ0v) is 13.9. The second-order valence-corrected chi connectivity index (χ2v) is 7.57. The minimum Gasteiger partial charge on any atom is -0.370 e. The van der Waals surface area contributed by atoms with Crippen LogP contribution in [0.2, 0.25) is 0 Å². The lowest BCUT2D eigenvalue weighted by atomic mass is 10.1. The molecule has 3 rings (SSSR count). The fourth-order valence-electron chi connectivity index (χ4n) is 2.71. The monoisotopic (exact) mass is 371 g/mol. The minimum absolute atomic E-state index is 0.251. The highest BCUT2D eigenvalue weighted by Gasteiger charge is 2.27. The number of hydrogen-bond donors (Lipinski definition) is 0. The molecule has 0 bridgehead atoms. The first-order chi connectivity index (χ1) is 11.9. The van der Waals surface area contributed by atoms with Crippen molar-refractivity contribution in [3.8, 4) is 0 Å². The molecular formula is C17H16F3NO3S. The van der Waals surface area contributed by atoms with E-state index in [-0.39, 0.29) is 11.9 Å². The highest BCUT2D eigenvalue weighted by Crippen LogP contribution is 2.28. The summed E-state index contributed by atoms with van der Waals surface area (Å²) in [5, 5.41) is 0. The number of anilines is 1. The first-order valence-corrected chi connectivity index (χ1v) is 9.16. The van der Waals surface area contributed by atoms with Crippen LogP contribution >= 0.6 is 0 Å². The van der Waals surface area contributed by atoms with Crippen molar-refractivity contribution in [2.24, 2.45) is 0 Å². The smallest absolute Gasteiger partial charge is 0.341 e. The van der Waals surface area contributed by atoms with E-state index in [1.54, 1.807) is 12.1 Å². The van der Waals surface area contributed by atoms with E-state index in [9.17, 15) is 21.6 Å². The zero-order valence-electron chi connectivity index (χ0n) is 13.1. The third-order valence-electron chi connectivity index (χ3n) is 4.07. The van der Waals surface area contributed by atoms with Crippen molar-refractivity contribution >= 4 is 15.5 Å². The van der Waals surface area contributed by atoms with Crippen molar-refractivity contribution in [1.29, 1.82) is 0 Å². The Morgan fingerprint density at radius 3 is 2.28 bits per heavy atom. The van der Waals surface area contributed by atoms with Gasteiger partial charge in [0, 0.05) is 18.8 Å². The van der Waals surface area contributed by atoms with Crippen molar-refractivity contribution in [3.63, 3.8) is 0 Å². The first-order valence-electron chi connectivity index (χ1n) is 7.62. The number of nitrogens with zero attached hydrogens (tertiary/aromatic N) is 1. The summed E-state index contributed by atoms with van der Waals surface area (Å²) in [4.78, 5) is 1.56. The Balaban J connectivity index is 1.76. The summed E-state index contributed by atoms with van der Waals surface area (Å²) < 4.78 is 66.8. The molecule has 0 N–H and O–H groups in total. The predicted molar refractivity (Wildman–Crippen MR) is 86.9 cm³/mol. The largest absolute Gasteiger partial charge is 0.370 e. The Morgan fingerprint density at radius 2 is 1.68 bits per heavy atom. The molecule has 8 heteroatoms. The van der Waals surface area contributed by atoms with Gasteiger partial charge in [0.2, 0.25) is 9.84 Å². The van der Waals surface area contributed by atoms with Gasteiger partial charge in [0.15, 0.2) is 0 Å². The van der Waals surface area contributed by atoms with E-state index in [4.69, 9.17) is 4.74 Å². The van der Waals surface area contributed by atoms with E-state index in [2.05, 4.69) is 0 Å². The molecule has 0 amide bonds. The van der Waals surface area contributed by atoms with Crippen LogP contribution in [0.1, 0.15) is 11.7 Å². The lowest BCUT2D eigenvalue weighted by molar-refractivity contribution is 0.0397. The van der Waals surface area contributed by atoms with Crippen LogP contribution in [0.4, 0.5) is 18.9 Å². The molecule has 1 unspecified atom stereocenters. The Bertz CT molecular complexity index is 823. The molecule has 25 heavy (non-hydrogen) atoms. The van der Waals surface area contributed by atoms with Crippen LogP contribution in [-0.2, 0) is 14.6 Å². The van der Waals surface area contributed by atoms with Gasteiger partial charge in [-0.25, -0.2) is 12.8 Å². The molecule has 0 saturated carbocycles. The molecule has 1 heterocycles. The maximum absolute atomic E-state index is 13.0. The molecule has 4 nitrogen and oxygen atoms in total. The lowest BCUT2D eigenvalue weighted by Crippen LogP contribution is -2.38. The van der Waals surface area contributed by atoms with E-state index in [1.807, 2.05) is 4.90 Å². The molecule has 1 aliphatic rings. The molecule has 0 aromatic heterocycles. The Morgan fingerprint density at radius 1 is 1.04 bits per heavy atom. The highest BCUT2D eigenvalue weighted by atomic mass is 32.2. The van der Waals surface area contributed by atoms with Crippen LogP contribution in [0, 0.1) is 5.82 Å². The summed E-state index contributed by atoms with van der Waals surface area (Å²) in [5.41, 5.74) is 1.55. The maximum Gasteiger partial charge on any atom is 0.341 e. The van der Waals surface area contributed by atoms with E-state index < -0.39 is 20.5 Å². The van der Waals surface area contributed by atoms with Crippen molar-refractivity contribution < 1.29 is 26.3 Å². The third kappa shape index (κ3) is 3.80. The Hall–Kier alpha value is -2.06. The van der Waals surface area contributed by atoms with E-state index in [0.29, 0.717) is 25.4 Å². The van der Waals surface area contributed by atoms with Crippen molar-refractivity contribution in [2.75, 3.05) is 24.6 Å². The number of hydrogen-bond acceptors (Lipinski definition) is 4. The van der Waals surface area contributed by atoms with Gasteiger partial charge in [0.1, 0.15) is 11.9 Å². The van der Waals surface area contributed by atoms with Gasteiger partial charge in [-0.05, 0) is 42.0 Å². The predicted octanol–water partition coefficient (Wildman–Crippen LogP) is 3.40. The van der Waals surface area contributed by atoms with Gasteiger partial charge < -0.3 is 9.64 Å². The fraction of sp³-hybridized carbons (Fsp3) is 0.294. The molecule has 0 spiro atoms. The first kappa shape index (κ1) is 17.8. The Labute approximate surface area is 143 Å². The van der Waals surface area contributed by atoms with Crippen molar-refractivity contribution in [2.45, 2.75) is 16.8 Å². The summed E-state index contributed by atoms with van der Waals surface area (Å²) in [6, 6.07) is 11.4. The van der Waals surface area contributed by atoms with E-state index in [0.717, 1.165) is 5.56 Å². The van der Waals surface area contributed by atoms with Crippen LogP contribution in [0.25, 0.3) is 0 Å². The molecule has 0 radical (unpaired) electrons. The topological polar surface area (TPSA) is 46.6 Å². The lowest BCUT2D eigenvalue weighted by Gasteiger charge is -2.34. The normalized spacial score (nSPS) is 18.6. The van der Waals surface area contributed by atoms with Crippen LogP contribution < -0.4 is 4.90 Å². The standard InChI is InChI=1S/C17H16F3NO3S/c18-13-3-1-12(2-4-13)16-11-21(9-10-24-16)14-5-7-15(8-6-14)25(22,23)17(19)20/h1-8,16-17H,9-11H2. The Kier molecular flexibility index (Phi) is 5.01. The quantitative estimate of drug-likeness (QED) is 0.827. The van der Waals surface area contributed by atoms with Crippen LogP contribution in [-0.4, -0.2) is 33.9 Å². The zero-order chi connectivity index (χ0) is 18.0. The molecule has 2 aromatic rings. The summed E-state index contributed by atoms with van der Waals surface area (Å²) >= 11 is 0. The summed E-state index contributed by atoms with van der Waals surface area (Å²) in [6.45, 7) is 1.52. The van der Waals surface area contributed by atoms with Crippen LogP contribution in [0.3, 0.4) is 0 Å². The molecule has 1 atom stereocenters. The molecule has 134 valence electrons. The van der Waals surface area contributed by atoms with Gasteiger partial charge in [-0.2, -0.15) is 8.78 Å². The molecule has 2 aromatic carbocycles. The number of benzene rings is 2. The summed E-state index contributed by atoms with van der Waals surface area (Å²) in [6.07, 6.45) is -0.251. The number of alkyl halides is 2. The van der Waals surface area contributed by atoms with Gasteiger partial charge in [-0.3, -0.25) is 0 Å². The average Bonchev–Trinajstić information content (AvgIpc) is 2.62. The van der Waals surface area contributed by atoms with Crippen molar-refractivity contribution in [1.82, 2.24) is 0 Å². The van der Waals surface area contributed by atoms with E-state index >= 15 is 0 Å². The van der Waals surface area contributed by atoms with Gasteiger partial charge >= 0.3 is 5.76 Å². The molecule has 0 aliphatic carbocycles. The average molecular weight is 371 g/mol. The minimum atomic E-state index is -4.59. The number of sulfone groups is 1. The van der Waals surface area contributed by atoms with Crippen molar-refractivity contribution in [3.05, 3.63) is 59.9 Å². The number of morpholine rings is 1. The van der Waals surface area contributed by atoms with Crippen LogP contribution in [0.15, 0.2) is 53.4 Å². The second kappa shape index (κ2) is 7.05. The van der Waals surface area contributed by atoms with Gasteiger partial charge in [0.25, 0.3) is 0 Å². The fourth-order valence-corrected chi connectivity index (χ4v) is 3.43.